The molecule has 0 spiro atoms. The first-order chi connectivity index (χ1) is 8.17. The van der Waals surface area contributed by atoms with E-state index in [9.17, 15) is 10.0 Å². The third-order valence-electron chi connectivity index (χ3n) is 4.09. The lowest BCUT2D eigenvalue weighted by Gasteiger charge is -2.39. The van der Waals surface area contributed by atoms with Gasteiger partial charge < -0.3 is 0 Å². The van der Waals surface area contributed by atoms with Gasteiger partial charge in [0.1, 0.15) is 12.2 Å². The first-order valence-corrected chi connectivity index (χ1v) is 6.00. The molecular weight excluding hydrogens is 216 g/mol. The van der Waals surface area contributed by atoms with Gasteiger partial charge in [0, 0.05) is 13.0 Å². The molecular formula is C13H16N2O2. The molecule has 3 rings (SSSR count). The lowest BCUT2D eigenvalue weighted by molar-refractivity contribution is -0.161. The van der Waals surface area contributed by atoms with Crippen LogP contribution in [0, 0.1) is 0 Å². The molecule has 0 aliphatic carbocycles. The van der Waals surface area contributed by atoms with E-state index < -0.39 is 5.54 Å². The van der Waals surface area contributed by atoms with Crippen LogP contribution in [0.5, 0.6) is 0 Å². The maximum absolute atomic E-state index is 12.1. The summed E-state index contributed by atoms with van der Waals surface area (Å²) >= 11 is 0. The van der Waals surface area contributed by atoms with Crippen LogP contribution in [0.15, 0.2) is 24.3 Å². The second-order valence-electron chi connectivity index (χ2n) is 4.87. The van der Waals surface area contributed by atoms with E-state index >= 15 is 0 Å². The van der Waals surface area contributed by atoms with Crippen LogP contribution in [0.25, 0.3) is 0 Å². The highest BCUT2D eigenvalue weighted by atomic mass is 16.5. The van der Waals surface area contributed by atoms with Gasteiger partial charge in [0.15, 0.2) is 0 Å². The molecule has 17 heavy (non-hydrogen) atoms. The molecule has 0 radical (unpaired) electrons. The number of rotatable bonds is 1. The molecule has 1 saturated heterocycles. The molecule has 1 fully saturated rings. The van der Waals surface area contributed by atoms with Crippen LogP contribution < -0.4 is 0 Å². The van der Waals surface area contributed by atoms with Crippen LogP contribution in [0.4, 0.5) is 0 Å². The summed E-state index contributed by atoms with van der Waals surface area (Å²) in [6, 6.07) is 8.21. The average Bonchev–Trinajstić information content (AvgIpc) is 2.59. The molecule has 4 nitrogen and oxygen atoms in total. The van der Waals surface area contributed by atoms with Crippen molar-refractivity contribution in [2.24, 2.45) is 0 Å². The van der Waals surface area contributed by atoms with Crippen LogP contribution in [-0.2, 0) is 17.8 Å². The highest BCUT2D eigenvalue weighted by molar-refractivity contribution is 5.88. The largest absolute Gasteiger partial charge is 0.285 e. The number of hydrogen-bond acceptors (Lipinski definition) is 3. The Kier molecular flexibility index (Phi) is 2.24. The summed E-state index contributed by atoms with van der Waals surface area (Å²) in [5.74, 6) is -0.158. The predicted octanol–water partition coefficient (Wildman–Crippen LogP) is 1.38. The Morgan fingerprint density at radius 3 is 2.76 bits per heavy atom. The van der Waals surface area contributed by atoms with Crippen molar-refractivity contribution >= 4 is 5.91 Å². The second-order valence-corrected chi connectivity index (χ2v) is 4.87. The quantitative estimate of drug-likeness (QED) is 0.744. The monoisotopic (exact) mass is 232 g/mol. The molecule has 1 aromatic rings. The number of carbonyl (C=O) groups excluding carboxylic acids is 1. The van der Waals surface area contributed by atoms with Gasteiger partial charge in [-0.1, -0.05) is 31.2 Å². The maximum Gasteiger partial charge on any atom is 0.268 e. The first kappa shape index (κ1) is 10.7. The van der Waals surface area contributed by atoms with Crippen LogP contribution >= 0.6 is 0 Å². The van der Waals surface area contributed by atoms with Gasteiger partial charge in [-0.05, 0) is 17.5 Å². The fourth-order valence-electron chi connectivity index (χ4n) is 3.03. The van der Waals surface area contributed by atoms with Gasteiger partial charge in [-0.2, -0.15) is 0 Å². The minimum Gasteiger partial charge on any atom is -0.285 e. The lowest BCUT2D eigenvalue weighted by Crippen LogP contribution is -2.52. The van der Waals surface area contributed by atoms with Crippen molar-refractivity contribution in [3.8, 4) is 0 Å². The molecule has 0 aromatic heterocycles. The molecule has 2 aliphatic heterocycles. The highest BCUT2D eigenvalue weighted by Gasteiger charge is 2.53. The number of hydrogen-bond donors (Lipinski definition) is 1. The van der Waals surface area contributed by atoms with Crippen molar-refractivity contribution in [1.29, 1.82) is 0 Å². The molecule has 1 unspecified atom stereocenters. The minimum absolute atomic E-state index is 0.158. The number of hydroxylamine groups is 2. The van der Waals surface area contributed by atoms with E-state index in [2.05, 4.69) is 17.0 Å². The fourth-order valence-corrected chi connectivity index (χ4v) is 3.03. The van der Waals surface area contributed by atoms with Crippen molar-refractivity contribution in [2.75, 3.05) is 6.67 Å². The summed E-state index contributed by atoms with van der Waals surface area (Å²) in [5.41, 5.74) is 1.97. The molecule has 1 N–H and O–H groups in total. The van der Waals surface area contributed by atoms with E-state index in [0.29, 0.717) is 13.1 Å². The van der Waals surface area contributed by atoms with Crippen molar-refractivity contribution in [1.82, 2.24) is 9.96 Å². The van der Waals surface area contributed by atoms with Gasteiger partial charge in [-0.15, -0.1) is 0 Å². The van der Waals surface area contributed by atoms with E-state index in [4.69, 9.17) is 0 Å². The standard InChI is InChI=1S/C13H16N2O2/c1-2-13-7-10-5-3-4-6-11(10)8-14(13)9-15(17)12(13)16/h3-6,17H,2,7-9H2,1H3. The van der Waals surface area contributed by atoms with E-state index in [-0.39, 0.29) is 5.91 Å². The van der Waals surface area contributed by atoms with E-state index in [1.54, 1.807) is 0 Å². The van der Waals surface area contributed by atoms with E-state index in [1.807, 2.05) is 19.1 Å². The van der Waals surface area contributed by atoms with Gasteiger partial charge in [-0.25, -0.2) is 5.06 Å². The average molecular weight is 232 g/mol. The summed E-state index contributed by atoms with van der Waals surface area (Å²) in [6.45, 7) is 3.08. The minimum atomic E-state index is -0.525. The maximum atomic E-state index is 12.1. The van der Waals surface area contributed by atoms with Crippen LogP contribution in [0.3, 0.4) is 0 Å². The van der Waals surface area contributed by atoms with Crippen molar-refractivity contribution in [2.45, 2.75) is 31.8 Å². The van der Waals surface area contributed by atoms with Crippen molar-refractivity contribution < 1.29 is 10.0 Å². The third-order valence-corrected chi connectivity index (χ3v) is 4.09. The SMILES string of the molecule is CCC12Cc3ccccc3CN1CN(O)C2=O. The Labute approximate surface area is 100 Å². The number of fused-ring (bicyclic) bond motifs is 2. The van der Waals surface area contributed by atoms with E-state index in [0.717, 1.165) is 18.0 Å². The summed E-state index contributed by atoms with van der Waals surface area (Å²) in [5, 5.41) is 10.5. The Morgan fingerprint density at radius 2 is 2.06 bits per heavy atom. The van der Waals surface area contributed by atoms with E-state index in [1.165, 1.54) is 11.1 Å². The zero-order valence-electron chi connectivity index (χ0n) is 9.89. The topological polar surface area (TPSA) is 43.8 Å². The summed E-state index contributed by atoms with van der Waals surface area (Å²) in [6.07, 6.45) is 1.44. The second kappa shape index (κ2) is 3.55. The van der Waals surface area contributed by atoms with Gasteiger partial charge in [0.2, 0.25) is 0 Å². The normalized spacial score (nSPS) is 28.1. The van der Waals surface area contributed by atoms with Gasteiger partial charge in [0.05, 0.1) is 0 Å². The van der Waals surface area contributed by atoms with Gasteiger partial charge in [0.25, 0.3) is 5.91 Å². The Bertz CT molecular complexity index is 474. The Hall–Kier alpha value is -1.39. The van der Waals surface area contributed by atoms with Gasteiger partial charge in [-0.3, -0.25) is 14.9 Å². The molecule has 1 aromatic carbocycles. The fraction of sp³-hybridized carbons (Fsp3) is 0.462. The first-order valence-electron chi connectivity index (χ1n) is 6.00. The smallest absolute Gasteiger partial charge is 0.268 e. The van der Waals surface area contributed by atoms with Crippen LogP contribution in [0.2, 0.25) is 0 Å². The molecule has 0 bridgehead atoms. The number of benzene rings is 1. The lowest BCUT2D eigenvalue weighted by atomic mass is 9.81. The van der Waals surface area contributed by atoms with Crippen LogP contribution in [-0.4, -0.2) is 33.3 Å². The molecule has 4 heteroatoms. The number of amides is 1. The summed E-state index contributed by atoms with van der Waals surface area (Å²) < 4.78 is 0. The third kappa shape index (κ3) is 1.34. The molecule has 2 aliphatic rings. The van der Waals surface area contributed by atoms with Crippen molar-refractivity contribution in [3.05, 3.63) is 35.4 Å². The summed E-state index contributed by atoms with van der Waals surface area (Å²) in [7, 11) is 0. The van der Waals surface area contributed by atoms with Crippen molar-refractivity contribution in [3.63, 3.8) is 0 Å². The predicted molar refractivity (Wildman–Crippen MR) is 62.2 cm³/mol. The molecule has 2 heterocycles. The molecule has 0 saturated carbocycles. The molecule has 1 atom stereocenters. The Balaban J connectivity index is 2.06. The molecule has 1 amide bonds. The van der Waals surface area contributed by atoms with Crippen LogP contribution in [0.1, 0.15) is 24.5 Å². The number of carbonyl (C=O) groups is 1. The summed E-state index contributed by atoms with van der Waals surface area (Å²) in [4.78, 5) is 14.2. The number of nitrogens with zero attached hydrogens (tertiary/aromatic N) is 2. The highest BCUT2D eigenvalue weighted by Crippen LogP contribution is 2.38. The Morgan fingerprint density at radius 1 is 1.35 bits per heavy atom. The zero-order chi connectivity index (χ0) is 12.0. The zero-order valence-corrected chi connectivity index (χ0v) is 9.89. The molecule has 90 valence electrons. The van der Waals surface area contributed by atoms with Gasteiger partial charge >= 0.3 is 0 Å².